The first-order valence-electron chi connectivity index (χ1n) is 7.21. The van der Waals surface area contributed by atoms with E-state index in [2.05, 4.69) is 33.4 Å². The molecule has 0 radical (unpaired) electrons. The van der Waals surface area contributed by atoms with Gasteiger partial charge < -0.3 is 4.74 Å². The maximum atomic E-state index is 5.56. The van der Waals surface area contributed by atoms with Gasteiger partial charge in [0.05, 0.1) is 18.8 Å². The van der Waals surface area contributed by atoms with Crippen LogP contribution in [0.4, 0.5) is 0 Å². The highest BCUT2D eigenvalue weighted by Crippen LogP contribution is 2.28. The highest BCUT2D eigenvalue weighted by atomic mass is 16.5. The maximum absolute atomic E-state index is 5.56. The molecule has 20 heavy (non-hydrogen) atoms. The number of ether oxygens (including phenoxy) is 1. The summed E-state index contributed by atoms with van der Waals surface area (Å²) in [7, 11) is 0. The molecule has 0 bridgehead atoms. The maximum Gasteiger partial charge on any atom is 0.122 e. The first-order valence-corrected chi connectivity index (χ1v) is 7.21. The Morgan fingerprint density at radius 2 is 2.35 bits per heavy atom. The van der Waals surface area contributed by atoms with Crippen molar-refractivity contribution in [3.05, 3.63) is 41.7 Å². The predicted octanol–water partition coefficient (Wildman–Crippen LogP) is 1.66. The van der Waals surface area contributed by atoms with E-state index in [0.29, 0.717) is 6.04 Å². The number of benzene rings is 1. The van der Waals surface area contributed by atoms with E-state index in [1.807, 2.05) is 10.9 Å². The van der Waals surface area contributed by atoms with Gasteiger partial charge in [0.2, 0.25) is 0 Å². The van der Waals surface area contributed by atoms with Crippen LogP contribution >= 0.6 is 0 Å². The second-order valence-corrected chi connectivity index (χ2v) is 5.60. The van der Waals surface area contributed by atoms with Crippen LogP contribution in [0.3, 0.4) is 0 Å². The van der Waals surface area contributed by atoms with Crippen LogP contribution in [-0.2, 0) is 13.0 Å². The first-order chi connectivity index (χ1) is 9.88. The van der Waals surface area contributed by atoms with Gasteiger partial charge in [0.1, 0.15) is 5.75 Å². The molecule has 0 aliphatic carbocycles. The monoisotopic (exact) mass is 270 g/mol. The minimum atomic E-state index is 0.468. The smallest absolute Gasteiger partial charge is 0.122 e. The minimum Gasteiger partial charge on any atom is -0.493 e. The second kappa shape index (κ2) is 4.90. The lowest BCUT2D eigenvalue weighted by molar-refractivity contribution is 0.310. The average molecular weight is 270 g/mol. The zero-order chi connectivity index (χ0) is 13.4. The van der Waals surface area contributed by atoms with E-state index in [4.69, 9.17) is 4.74 Å². The molecule has 1 fully saturated rings. The average Bonchev–Trinajstić information content (AvgIpc) is 3.19. The molecule has 0 N–H and O–H groups in total. The summed E-state index contributed by atoms with van der Waals surface area (Å²) < 4.78 is 7.54. The van der Waals surface area contributed by atoms with Crippen molar-refractivity contribution in [1.82, 2.24) is 19.9 Å². The Labute approximate surface area is 118 Å². The third-order valence-corrected chi connectivity index (χ3v) is 4.22. The van der Waals surface area contributed by atoms with Gasteiger partial charge in [-0.1, -0.05) is 17.3 Å². The molecule has 0 amide bonds. The summed E-state index contributed by atoms with van der Waals surface area (Å²) in [6, 6.07) is 7.07. The van der Waals surface area contributed by atoms with Crippen LogP contribution in [0.2, 0.25) is 0 Å². The van der Waals surface area contributed by atoms with E-state index in [1.54, 1.807) is 6.20 Å². The fourth-order valence-corrected chi connectivity index (χ4v) is 3.18. The minimum absolute atomic E-state index is 0.468. The summed E-state index contributed by atoms with van der Waals surface area (Å²) >= 11 is 0. The fourth-order valence-electron chi connectivity index (χ4n) is 3.18. The van der Waals surface area contributed by atoms with E-state index in [0.717, 1.165) is 44.8 Å². The zero-order valence-corrected chi connectivity index (χ0v) is 11.4. The van der Waals surface area contributed by atoms with Crippen LogP contribution in [0.1, 0.15) is 23.6 Å². The number of nitrogens with zero attached hydrogens (tertiary/aromatic N) is 4. The third kappa shape index (κ3) is 2.18. The van der Waals surface area contributed by atoms with Crippen molar-refractivity contribution in [3.63, 3.8) is 0 Å². The van der Waals surface area contributed by atoms with Crippen molar-refractivity contribution >= 4 is 0 Å². The molecule has 2 aliphatic rings. The molecular formula is C15H18N4O. The van der Waals surface area contributed by atoms with Crippen LogP contribution in [0.15, 0.2) is 30.6 Å². The van der Waals surface area contributed by atoms with Gasteiger partial charge in [-0.2, -0.15) is 0 Å². The summed E-state index contributed by atoms with van der Waals surface area (Å²) in [6.45, 7) is 4.02. The van der Waals surface area contributed by atoms with Crippen molar-refractivity contribution in [2.24, 2.45) is 0 Å². The predicted molar refractivity (Wildman–Crippen MR) is 74.6 cm³/mol. The second-order valence-electron chi connectivity index (χ2n) is 5.60. The molecule has 2 aromatic rings. The van der Waals surface area contributed by atoms with Crippen molar-refractivity contribution in [1.29, 1.82) is 0 Å². The number of likely N-dealkylation sites (tertiary alicyclic amines) is 1. The Hall–Kier alpha value is -1.88. The van der Waals surface area contributed by atoms with Crippen LogP contribution in [0.25, 0.3) is 0 Å². The lowest BCUT2D eigenvalue weighted by atomic mass is 10.1. The molecule has 1 aromatic heterocycles. The van der Waals surface area contributed by atoms with Crippen LogP contribution in [-0.4, -0.2) is 39.6 Å². The van der Waals surface area contributed by atoms with E-state index >= 15 is 0 Å². The lowest BCUT2D eigenvalue weighted by Gasteiger charge is -2.16. The molecule has 1 unspecified atom stereocenters. The zero-order valence-electron chi connectivity index (χ0n) is 11.4. The van der Waals surface area contributed by atoms with Crippen molar-refractivity contribution in [3.8, 4) is 5.75 Å². The highest BCUT2D eigenvalue weighted by molar-refractivity contribution is 5.39. The Balaban J connectivity index is 1.43. The van der Waals surface area contributed by atoms with Gasteiger partial charge in [0.15, 0.2) is 0 Å². The van der Waals surface area contributed by atoms with Gasteiger partial charge in [0.25, 0.3) is 0 Å². The Bertz CT molecular complexity index is 596. The Morgan fingerprint density at radius 3 is 3.25 bits per heavy atom. The topological polar surface area (TPSA) is 43.2 Å². The Kier molecular flexibility index (Phi) is 2.92. The standard InChI is InChI=1S/C15H18N4O/c1-2-15-13(4-8-20-15)9-12(1)10-18-6-3-14(11-18)19-7-5-16-17-19/h1-2,5,7,9,14H,3-4,6,8,10-11H2. The summed E-state index contributed by atoms with van der Waals surface area (Å²) in [5, 5.41) is 8.01. The molecule has 5 heteroatoms. The van der Waals surface area contributed by atoms with E-state index in [1.165, 1.54) is 11.1 Å². The molecule has 3 heterocycles. The van der Waals surface area contributed by atoms with Gasteiger partial charge in [-0.3, -0.25) is 4.90 Å². The highest BCUT2D eigenvalue weighted by Gasteiger charge is 2.24. The first kappa shape index (κ1) is 11.9. The van der Waals surface area contributed by atoms with E-state index in [-0.39, 0.29) is 0 Å². The quantitative estimate of drug-likeness (QED) is 0.851. The molecule has 2 aliphatic heterocycles. The van der Waals surface area contributed by atoms with Gasteiger partial charge in [0, 0.05) is 32.3 Å². The molecule has 1 atom stereocenters. The van der Waals surface area contributed by atoms with Crippen LogP contribution in [0.5, 0.6) is 5.75 Å². The summed E-state index contributed by atoms with van der Waals surface area (Å²) in [6.07, 6.45) is 5.91. The third-order valence-electron chi connectivity index (χ3n) is 4.22. The molecule has 0 saturated carbocycles. The number of fused-ring (bicyclic) bond motifs is 1. The van der Waals surface area contributed by atoms with Crippen LogP contribution in [0, 0.1) is 0 Å². The number of aromatic nitrogens is 3. The normalized spacial score (nSPS) is 21.9. The van der Waals surface area contributed by atoms with Gasteiger partial charge in [-0.25, -0.2) is 4.68 Å². The molecule has 4 rings (SSSR count). The van der Waals surface area contributed by atoms with E-state index in [9.17, 15) is 0 Å². The summed E-state index contributed by atoms with van der Waals surface area (Å²) in [5.74, 6) is 1.07. The van der Waals surface area contributed by atoms with Gasteiger partial charge in [-0.05, 0) is 23.6 Å². The number of hydrogen-bond donors (Lipinski definition) is 0. The van der Waals surface area contributed by atoms with E-state index < -0.39 is 0 Å². The summed E-state index contributed by atoms with van der Waals surface area (Å²) in [4.78, 5) is 2.49. The van der Waals surface area contributed by atoms with Crippen molar-refractivity contribution in [2.45, 2.75) is 25.4 Å². The van der Waals surface area contributed by atoms with Crippen molar-refractivity contribution in [2.75, 3.05) is 19.7 Å². The molecule has 1 aromatic carbocycles. The molecule has 0 spiro atoms. The molecule has 1 saturated heterocycles. The largest absolute Gasteiger partial charge is 0.493 e. The lowest BCUT2D eigenvalue weighted by Crippen LogP contribution is -2.21. The number of rotatable bonds is 3. The van der Waals surface area contributed by atoms with Gasteiger partial charge in [-0.15, -0.1) is 5.10 Å². The molecular weight excluding hydrogens is 252 g/mol. The van der Waals surface area contributed by atoms with Gasteiger partial charge >= 0.3 is 0 Å². The molecule has 5 nitrogen and oxygen atoms in total. The SMILES string of the molecule is c1cn(C2CCN(Cc3ccc4c(c3)CCO4)C2)nn1. The van der Waals surface area contributed by atoms with Crippen LogP contribution < -0.4 is 4.74 Å². The summed E-state index contributed by atoms with van der Waals surface area (Å²) in [5.41, 5.74) is 2.74. The Morgan fingerprint density at radius 1 is 1.35 bits per heavy atom. The fraction of sp³-hybridized carbons (Fsp3) is 0.467. The van der Waals surface area contributed by atoms with Crippen molar-refractivity contribution < 1.29 is 4.74 Å². The number of hydrogen-bond acceptors (Lipinski definition) is 4. The molecule has 104 valence electrons.